The summed E-state index contributed by atoms with van der Waals surface area (Å²) in [6.07, 6.45) is 3.86. The first-order chi connectivity index (χ1) is 9.56. The standard InChI is InChI=1S/C16H18ClFN2/c1-10-6-14-15(7-11(10)2)20(9-19-14)8-12-4-3-5-13(17)16(12)18/h3-5,9-11H,6-8H2,1-2H3. The van der Waals surface area contributed by atoms with E-state index in [1.54, 1.807) is 18.2 Å². The molecular weight excluding hydrogens is 275 g/mol. The molecule has 0 bridgehead atoms. The summed E-state index contributed by atoms with van der Waals surface area (Å²) in [6, 6.07) is 5.14. The molecule has 0 amide bonds. The van der Waals surface area contributed by atoms with E-state index in [2.05, 4.69) is 23.4 Å². The zero-order valence-corrected chi connectivity index (χ0v) is 12.5. The zero-order valence-electron chi connectivity index (χ0n) is 11.7. The average molecular weight is 293 g/mol. The summed E-state index contributed by atoms with van der Waals surface area (Å²) in [5, 5.41) is 0.179. The fraction of sp³-hybridized carbons (Fsp3) is 0.438. The lowest BCUT2D eigenvalue weighted by Crippen LogP contribution is -2.22. The molecule has 1 heterocycles. The predicted molar refractivity (Wildman–Crippen MR) is 78.5 cm³/mol. The van der Waals surface area contributed by atoms with E-state index in [1.165, 1.54) is 5.69 Å². The van der Waals surface area contributed by atoms with Crippen molar-refractivity contribution in [2.75, 3.05) is 0 Å². The highest BCUT2D eigenvalue weighted by Gasteiger charge is 2.25. The van der Waals surface area contributed by atoms with Gasteiger partial charge in [-0.1, -0.05) is 37.6 Å². The molecule has 2 aromatic rings. The van der Waals surface area contributed by atoms with Crippen LogP contribution in [0.25, 0.3) is 0 Å². The number of fused-ring (bicyclic) bond motifs is 1. The van der Waals surface area contributed by atoms with E-state index in [0.717, 1.165) is 18.5 Å². The quantitative estimate of drug-likeness (QED) is 0.815. The van der Waals surface area contributed by atoms with Crippen molar-refractivity contribution >= 4 is 11.6 Å². The molecule has 0 fully saturated rings. The molecule has 4 heteroatoms. The van der Waals surface area contributed by atoms with Gasteiger partial charge in [-0.2, -0.15) is 0 Å². The predicted octanol–water partition coefficient (Wildman–Crippen LogP) is 4.09. The smallest absolute Gasteiger partial charge is 0.146 e. The van der Waals surface area contributed by atoms with Crippen molar-refractivity contribution < 1.29 is 4.39 Å². The average Bonchev–Trinajstić information content (AvgIpc) is 2.78. The molecular formula is C16H18ClFN2. The van der Waals surface area contributed by atoms with Crippen molar-refractivity contribution in [2.45, 2.75) is 33.2 Å². The van der Waals surface area contributed by atoms with Crippen molar-refractivity contribution in [3.63, 3.8) is 0 Å². The molecule has 2 atom stereocenters. The summed E-state index contributed by atoms with van der Waals surface area (Å²) in [4.78, 5) is 4.50. The highest BCUT2D eigenvalue weighted by molar-refractivity contribution is 6.30. The van der Waals surface area contributed by atoms with E-state index in [-0.39, 0.29) is 10.8 Å². The second-order valence-electron chi connectivity index (χ2n) is 5.84. The number of rotatable bonds is 2. The van der Waals surface area contributed by atoms with Crippen molar-refractivity contribution in [1.29, 1.82) is 0 Å². The number of imidazole rings is 1. The lowest BCUT2D eigenvalue weighted by molar-refractivity contribution is 0.349. The molecule has 0 N–H and O–H groups in total. The SMILES string of the molecule is CC1Cc2ncn(Cc3cccc(Cl)c3F)c2CC1C. The molecule has 0 aliphatic heterocycles. The van der Waals surface area contributed by atoms with Crippen molar-refractivity contribution in [3.05, 3.63) is 52.3 Å². The lowest BCUT2D eigenvalue weighted by Gasteiger charge is -2.26. The summed E-state index contributed by atoms with van der Waals surface area (Å²) in [7, 11) is 0. The van der Waals surface area contributed by atoms with Gasteiger partial charge in [0.2, 0.25) is 0 Å². The number of benzene rings is 1. The topological polar surface area (TPSA) is 17.8 Å². The van der Waals surface area contributed by atoms with Crippen LogP contribution in [0.2, 0.25) is 5.02 Å². The number of aromatic nitrogens is 2. The van der Waals surface area contributed by atoms with Crippen molar-refractivity contribution in [2.24, 2.45) is 11.8 Å². The first kappa shape index (κ1) is 13.6. The van der Waals surface area contributed by atoms with Crippen LogP contribution in [-0.4, -0.2) is 9.55 Å². The zero-order chi connectivity index (χ0) is 14.3. The third kappa shape index (κ3) is 2.35. The first-order valence-corrected chi connectivity index (χ1v) is 7.39. The van der Waals surface area contributed by atoms with Crippen LogP contribution in [0, 0.1) is 17.7 Å². The maximum atomic E-state index is 14.0. The molecule has 1 aromatic heterocycles. The van der Waals surface area contributed by atoms with Crippen LogP contribution < -0.4 is 0 Å². The molecule has 2 nitrogen and oxygen atoms in total. The largest absolute Gasteiger partial charge is 0.330 e. The summed E-state index contributed by atoms with van der Waals surface area (Å²) in [5.74, 6) is 0.977. The van der Waals surface area contributed by atoms with Crippen LogP contribution in [-0.2, 0) is 19.4 Å². The Bertz CT molecular complexity index is 635. The Hall–Kier alpha value is -1.35. The molecule has 3 rings (SSSR count). The third-order valence-electron chi connectivity index (χ3n) is 4.41. The van der Waals surface area contributed by atoms with Gasteiger partial charge in [0, 0.05) is 11.3 Å². The molecule has 0 saturated heterocycles. The molecule has 0 radical (unpaired) electrons. The Labute approximate surface area is 123 Å². The fourth-order valence-electron chi connectivity index (χ4n) is 2.86. The summed E-state index contributed by atoms with van der Waals surface area (Å²) >= 11 is 5.84. The highest BCUT2D eigenvalue weighted by atomic mass is 35.5. The van der Waals surface area contributed by atoms with Gasteiger partial charge in [-0.05, 0) is 30.7 Å². The lowest BCUT2D eigenvalue weighted by atomic mass is 9.82. The van der Waals surface area contributed by atoms with E-state index in [1.807, 2.05) is 6.33 Å². The summed E-state index contributed by atoms with van der Waals surface area (Å²) < 4.78 is 16.1. The second-order valence-corrected chi connectivity index (χ2v) is 6.25. The Morgan fingerprint density at radius 3 is 2.85 bits per heavy atom. The van der Waals surface area contributed by atoms with Gasteiger partial charge in [0.25, 0.3) is 0 Å². The molecule has 2 unspecified atom stereocenters. The summed E-state index contributed by atoms with van der Waals surface area (Å²) in [6.45, 7) is 5.03. The van der Waals surface area contributed by atoms with Gasteiger partial charge < -0.3 is 4.57 Å². The maximum absolute atomic E-state index is 14.0. The molecule has 20 heavy (non-hydrogen) atoms. The van der Waals surface area contributed by atoms with Gasteiger partial charge in [-0.15, -0.1) is 0 Å². The number of hydrogen-bond acceptors (Lipinski definition) is 1. The van der Waals surface area contributed by atoms with Gasteiger partial charge >= 0.3 is 0 Å². The van der Waals surface area contributed by atoms with Crippen LogP contribution in [0.4, 0.5) is 4.39 Å². The Kier molecular flexibility index (Phi) is 3.55. The van der Waals surface area contributed by atoms with E-state index < -0.39 is 0 Å². The van der Waals surface area contributed by atoms with Gasteiger partial charge in [-0.3, -0.25) is 0 Å². The molecule has 0 saturated carbocycles. The molecule has 0 spiro atoms. The number of halogens is 2. The Morgan fingerprint density at radius 2 is 2.05 bits per heavy atom. The first-order valence-electron chi connectivity index (χ1n) is 7.02. The monoisotopic (exact) mass is 292 g/mol. The highest BCUT2D eigenvalue weighted by Crippen LogP contribution is 2.29. The molecule has 1 aromatic carbocycles. The van der Waals surface area contributed by atoms with E-state index in [0.29, 0.717) is 23.9 Å². The van der Waals surface area contributed by atoms with E-state index >= 15 is 0 Å². The fourth-order valence-corrected chi connectivity index (χ4v) is 3.05. The number of nitrogens with zero attached hydrogens (tertiary/aromatic N) is 2. The van der Waals surface area contributed by atoms with Gasteiger partial charge in [0.15, 0.2) is 0 Å². The van der Waals surface area contributed by atoms with Crippen LogP contribution in [0.1, 0.15) is 30.8 Å². The maximum Gasteiger partial charge on any atom is 0.146 e. The van der Waals surface area contributed by atoms with Crippen molar-refractivity contribution in [1.82, 2.24) is 9.55 Å². The second kappa shape index (κ2) is 5.21. The minimum atomic E-state index is -0.325. The van der Waals surface area contributed by atoms with Crippen LogP contribution in [0.3, 0.4) is 0 Å². The van der Waals surface area contributed by atoms with E-state index in [9.17, 15) is 4.39 Å². The van der Waals surface area contributed by atoms with Gasteiger partial charge in [-0.25, -0.2) is 9.37 Å². The third-order valence-corrected chi connectivity index (χ3v) is 4.70. The molecule has 1 aliphatic carbocycles. The van der Waals surface area contributed by atoms with Gasteiger partial charge in [0.1, 0.15) is 5.82 Å². The Morgan fingerprint density at radius 1 is 1.30 bits per heavy atom. The minimum absolute atomic E-state index is 0.179. The van der Waals surface area contributed by atoms with E-state index in [4.69, 9.17) is 11.6 Å². The summed E-state index contributed by atoms with van der Waals surface area (Å²) in [5.41, 5.74) is 3.02. The van der Waals surface area contributed by atoms with Crippen LogP contribution in [0.5, 0.6) is 0 Å². The normalized spacial score (nSPS) is 21.8. The molecule has 106 valence electrons. The molecule has 1 aliphatic rings. The van der Waals surface area contributed by atoms with Crippen LogP contribution >= 0.6 is 11.6 Å². The van der Waals surface area contributed by atoms with Crippen molar-refractivity contribution in [3.8, 4) is 0 Å². The Balaban J connectivity index is 1.91. The van der Waals surface area contributed by atoms with Gasteiger partial charge in [0.05, 0.1) is 23.6 Å². The minimum Gasteiger partial charge on any atom is -0.330 e. The number of hydrogen-bond donors (Lipinski definition) is 0. The van der Waals surface area contributed by atoms with Crippen LogP contribution in [0.15, 0.2) is 24.5 Å².